The van der Waals surface area contributed by atoms with Crippen molar-refractivity contribution < 1.29 is 0 Å². The Morgan fingerprint density at radius 1 is 0.448 bits per heavy atom. The SMILES string of the molecule is CCC(C)c1ccc(-c2ccc3c(c2)c2cc(-c4ccc(N(c5ccccc5)c5ccc(-c6ccccc6)cc5)cc4)ccc2n3-c2ccc(C(C)(C)C)cc2)cc1. The van der Waals surface area contributed by atoms with E-state index in [1.165, 1.54) is 72.0 Å². The van der Waals surface area contributed by atoms with Crippen molar-refractivity contribution in [2.45, 2.75) is 52.4 Å². The van der Waals surface area contributed by atoms with E-state index in [-0.39, 0.29) is 5.41 Å². The lowest BCUT2D eigenvalue weighted by Crippen LogP contribution is -2.10. The van der Waals surface area contributed by atoms with Gasteiger partial charge in [0.2, 0.25) is 0 Å². The van der Waals surface area contributed by atoms with Gasteiger partial charge in [0.05, 0.1) is 11.0 Å². The third kappa shape index (κ3) is 7.12. The smallest absolute Gasteiger partial charge is 0.0541 e. The molecule has 0 spiro atoms. The van der Waals surface area contributed by atoms with E-state index in [9.17, 15) is 0 Å². The molecule has 2 heteroatoms. The number of fused-ring (bicyclic) bond motifs is 3. The van der Waals surface area contributed by atoms with Crippen LogP contribution in [0.2, 0.25) is 0 Å². The molecular weight excluding hydrogens is 701 g/mol. The molecule has 0 aliphatic heterocycles. The molecule has 1 atom stereocenters. The molecular formula is C56H50N2. The van der Waals surface area contributed by atoms with Gasteiger partial charge in [-0.05, 0) is 135 Å². The minimum atomic E-state index is 0.0916. The number of hydrogen-bond donors (Lipinski definition) is 0. The van der Waals surface area contributed by atoms with Gasteiger partial charge in [-0.25, -0.2) is 0 Å². The summed E-state index contributed by atoms with van der Waals surface area (Å²) < 4.78 is 2.43. The number of benzene rings is 8. The third-order valence-electron chi connectivity index (χ3n) is 11.9. The van der Waals surface area contributed by atoms with Crippen LogP contribution in [-0.2, 0) is 5.41 Å². The molecule has 9 aromatic rings. The Balaban J connectivity index is 1.12. The molecule has 58 heavy (non-hydrogen) atoms. The largest absolute Gasteiger partial charge is 0.311 e. The summed E-state index contributed by atoms with van der Waals surface area (Å²) in [5, 5.41) is 2.50. The summed E-state index contributed by atoms with van der Waals surface area (Å²) in [6.45, 7) is 11.4. The molecule has 0 fully saturated rings. The Labute approximate surface area is 343 Å². The summed E-state index contributed by atoms with van der Waals surface area (Å²) in [5.74, 6) is 0.555. The van der Waals surface area contributed by atoms with Crippen LogP contribution >= 0.6 is 0 Å². The zero-order chi connectivity index (χ0) is 39.8. The van der Waals surface area contributed by atoms with Crippen LogP contribution in [0, 0.1) is 0 Å². The van der Waals surface area contributed by atoms with E-state index in [0.29, 0.717) is 5.92 Å². The summed E-state index contributed by atoms with van der Waals surface area (Å²) in [6.07, 6.45) is 1.14. The van der Waals surface area contributed by atoms with Crippen LogP contribution in [0.5, 0.6) is 0 Å². The van der Waals surface area contributed by atoms with Crippen molar-refractivity contribution in [3.63, 3.8) is 0 Å². The maximum Gasteiger partial charge on any atom is 0.0541 e. The zero-order valence-corrected chi connectivity index (χ0v) is 34.2. The number of anilines is 3. The molecule has 1 aromatic heterocycles. The molecule has 9 rings (SSSR count). The number of aromatic nitrogens is 1. The molecule has 0 amide bonds. The minimum Gasteiger partial charge on any atom is -0.311 e. The van der Waals surface area contributed by atoms with Crippen molar-refractivity contribution in [1.82, 2.24) is 4.57 Å². The van der Waals surface area contributed by atoms with E-state index in [4.69, 9.17) is 0 Å². The van der Waals surface area contributed by atoms with E-state index in [1.807, 2.05) is 0 Å². The first-order chi connectivity index (χ1) is 28.2. The summed E-state index contributed by atoms with van der Waals surface area (Å²) in [4.78, 5) is 2.33. The Morgan fingerprint density at radius 2 is 0.862 bits per heavy atom. The molecule has 0 N–H and O–H groups in total. The standard InChI is InChI=1S/C56H50N2/c1-6-39(2)40-17-19-43(20-18-40)45-25-35-54-52(37-45)53-38-46(26-36-55(53)58(54)51-33-27-47(28-34-51)56(3,4)5)44-23-31-50(32-24-44)57(48-15-11-8-12-16-48)49-29-21-42(22-30-49)41-13-9-7-10-14-41/h7-39H,6H2,1-5H3. The third-order valence-corrected chi connectivity index (χ3v) is 11.9. The van der Waals surface area contributed by atoms with Crippen molar-refractivity contribution >= 4 is 38.9 Å². The van der Waals surface area contributed by atoms with Crippen LogP contribution in [0.15, 0.2) is 194 Å². The van der Waals surface area contributed by atoms with Crippen LogP contribution in [0.25, 0.3) is 60.9 Å². The van der Waals surface area contributed by atoms with Crippen LogP contribution < -0.4 is 4.90 Å². The van der Waals surface area contributed by atoms with Crippen LogP contribution in [0.4, 0.5) is 17.1 Å². The minimum absolute atomic E-state index is 0.0916. The lowest BCUT2D eigenvalue weighted by molar-refractivity contribution is 0.590. The molecule has 2 nitrogen and oxygen atoms in total. The van der Waals surface area contributed by atoms with Gasteiger partial charge in [-0.1, -0.05) is 156 Å². The van der Waals surface area contributed by atoms with Crippen molar-refractivity contribution in [3.8, 4) is 39.1 Å². The van der Waals surface area contributed by atoms with Crippen molar-refractivity contribution in [2.75, 3.05) is 4.90 Å². The second-order valence-electron chi connectivity index (χ2n) is 16.7. The maximum absolute atomic E-state index is 2.43. The fourth-order valence-electron chi connectivity index (χ4n) is 8.27. The molecule has 0 bridgehead atoms. The molecule has 1 unspecified atom stereocenters. The summed E-state index contributed by atoms with van der Waals surface area (Å²) in [7, 11) is 0. The monoisotopic (exact) mass is 750 g/mol. The average molecular weight is 751 g/mol. The van der Waals surface area contributed by atoms with E-state index >= 15 is 0 Å². The molecule has 1 heterocycles. The molecule has 0 radical (unpaired) electrons. The molecule has 0 saturated carbocycles. The van der Waals surface area contributed by atoms with E-state index in [0.717, 1.165) is 23.5 Å². The summed E-state index contributed by atoms with van der Waals surface area (Å²) in [5.41, 5.74) is 17.1. The topological polar surface area (TPSA) is 8.17 Å². The molecule has 0 aliphatic carbocycles. The molecule has 0 saturated heterocycles. The molecule has 0 aliphatic rings. The Kier molecular flexibility index (Phi) is 9.79. The van der Waals surface area contributed by atoms with Gasteiger partial charge in [0, 0.05) is 33.5 Å². The number of rotatable bonds is 9. The lowest BCUT2D eigenvalue weighted by atomic mass is 9.87. The van der Waals surface area contributed by atoms with Crippen LogP contribution in [0.3, 0.4) is 0 Å². The zero-order valence-electron chi connectivity index (χ0n) is 34.2. The van der Waals surface area contributed by atoms with Crippen LogP contribution in [0.1, 0.15) is 58.1 Å². The van der Waals surface area contributed by atoms with Gasteiger partial charge >= 0.3 is 0 Å². The first-order valence-electron chi connectivity index (χ1n) is 20.7. The predicted molar refractivity (Wildman–Crippen MR) is 249 cm³/mol. The normalized spacial score (nSPS) is 12.2. The van der Waals surface area contributed by atoms with E-state index in [2.05, 4.69) is 238 Å². The van der Waals surface area contributed by atoms with Gasteiger partial charge in [0.15, 0.2) is 0 Å². The second-order valence-corrected chi connectivity index (χ2v) is 16.7. The second kappa shape index (κ2) is 15.4. The highest BCUT2D eigenvalue weighted by molar-refractivity contribution is 6.11. The quantitative estimate of drug-likeness (QED) is 0.143. The van der Waals surface area contributed by atoms with E-state index < -0.39 is 0 Å². The van der Waals surface area contributed by atoms with Gasteiger partial charge in [0.1, 0.15) is 0 Å². The predicted octanol–water partition coefficient (Wildman–Crippen LogP) is 16.1. The van der Waals surface area contributed by atoms with Crippen molar-refractivity contribution in [3.05, 3.63) is 205 Å². The van der Waals surface area contributed by atoms with Gasteiger partial charge < -0.3 is 9.47 Å². The molecule has 284 valence electrons. The fourth-order valence-corrected chi connectivity index (χ4v) is 8.27. The summed E-state index contributed by atoms with van der Waals surface area (Å²) >= 11 is 0. The maximum atomic E-state index is 2.43. The summed E-state index contributed by atoms with van der Waals surface area (Å²) in [6, 6.07) is 71.4. The number of hydrogen-bond acceptors (Lipinski definition) is 1. The first kappa shape index (κ1) is 37.0. The van der Waals surface area contributed by atoms with Gasteiger partial charge in [0.25, 0.3) is 0 Å². The van der Waals surface area contributed by atoms with Gasteiger partial charge in [-0.2, -0.15) is 0 Å². The van der Waals surface area contributed by atoms with Crippen molar-refractivity contribution in [2.24, 2.45) is 0 Å². The first-order valence-corrected chi connectivity index (χ1v) is 20.7. The highest BCUT2D eigenvalue weighted by atomic mass is 15.1. The van der Waals surface area contributed by atoms with Crippen molar-refractivity contribution in [1.29, 1.82) is 0 Å². The Morgan fingerprint density at radius 3 is 1.34 bits per heavy atom. The number of nitrogens with zero attached hydrogens (tertiary/aromatic N) is 2. The molecule has 8 aromatic carbocycles. The highest BCUT2D eigenvalue weighted by Gasteiger charge is 2.18. The van der Waals surface area contributed by atoms with E-state index in [1.54, 1.807) is 0 Å². The van der Waals surface area contributed by atoms with Gasteiger partial charge in [-0.15, -0.1) is 0 Å². The van der Waals surface area contributed by atoms with Gasteiger partial charge in [-0.3, -0.25) is 0 Å². The lowest BCUT2D eigenvalue weighted by Gasteiger charge is -2.26. The Hall–Kier alpha value is -6.64. The average Bonchev–Trinajstić information content (AvgIpc) is 3.60. The number of para-hydroxylation sites is 1. The fraction of sp³-hybridized carbons (Fsp3) is 0.143. The van der Waals surface area contributed by atoms with Crippen LogP contribution in [-0.4, -0.2) is 4.57 Å². The highest BCUT2D eigenvalue weighted by Crippen LogP contribution is 2.40. The Bertz CT molecular complexity index is 2810.